The Bertz CT molecular complexity index is 2260. The van der Waals surface area contributed by atoms with Gasteiger partial charge in [0.05, 0.1) is 23.7 Å². The van der Waals surface area contributed by atoms with Gasteiger partial charge < -0.3 is 31.3 Å². The maximum Gasteiger partial charge on any atom is 0.322 e. The molecule has 1 unspecified atom stereocenters. The fourth-order valence-corrected chi connectivity index (χ4v) is 7.59. The average molecular weight is 788 g/mol. The van der Waals surface area contributed by atoms with Gasteiger partial charge in [0.25, 0.3) is 0 Å². The van der Waals surface area contributed by atoms with Gasteiger partial charge in [-0.3, -0.25) is 4.79 Å². The summed E-state index contributed by atoms with van der Waals surface area (Å²) in [7, 11) is 0. The Balaban J connectivity index is 1.21. The largest absolute Gasteiger partial charge is 0.383 e. The number of likely N-dealkylation sites (tertiary alicyclic amines) is 1. The Labute approximate surface area is 335 Å². The molecule has 12 heteroatoms. The van der Waals surface area contributed by atoms with E-state index in [1.807, 2.05) is 24.3 Å². The highest BCUT2D eigenvalue weighted by Gasteiger charge is 2.49. The number of carbonyl (C=O) groups excluding carboxylic acids is 3. The van der Waals surface area contributed by atoms with Gasteiger partial charge in [-0.05, 0) is 108 Å². The lowest BCUT2D eigenvalue weighted by atomic mass is 9.78. The van der Waals surface area contributed by atoms with Crippen LogP contribution < -0.4 is 21.3 Å². The van der Waals surface area contributed by atoms with E-state index in [1.165, 1.54) is 4.90 Å². The molecule has 1 saturated carbocycles. The van der Waals surface area contributed by atoms with Crippen LogP contribution in [0, 0.1) is 17.2 Å². The molecule has 5 aromatic carbocycles. The second-order valence-corrected chi connectivity index (χ2v) is 15.3. The molecule has 1 aliphatic heterocycles. The fraction of sp³-hybridized carbons (Fsp3) is 0.227. The summed E-state index contributed by atoms with van der Waals surface area (Å²) in [5, 5.41) is 34.9. The third kappa shape index (κ3) is 8.82. The van der Waals surface area contributed by atoms with Gasteiger partial charge in [-0.25, -0.2) is 9.59 Å². The first-order chi connectivity index (χ1) is 27.0. The van der Waals surface area contributed by atoms with Crippen molar-refractivity contribution in [3.63, 3.8) is 0 Å². The van der Waals surface area contributed by atoms with Crippen LogP contribution in [0.3, 0.4) is 0 Å². The Morgan fingerprint density at radius 1 is 0.768 bits per heavy atom. The molecule has 0 radical (unpaired) electrons. The molecule has 7 rings (SSSR count). The van der Waals surface area contributed by atoms with Crippen LogP contribution in [0.2, 0.25) is 10.0 Å². The van der Waals surface area contributed by atoms with Crippen LogP contribution in [0.15, 0.2) is 127 Å². The topological polar surface area (TPSA) is 147 Å². The Hall–Kier alpha value is -5.86. The number of nitrogens with one attached hydrogen (secondary N) is 4. The zero-order chi connectivity index (χ0) is 39.3. The molecule has 5 N–H and O–H groups in total. The highest BCUT2D eigenvalue weighted by atomic mass is 35.5. The SMILES string of the molecule is N#Cc1cccc(C(CCC2CC2)(NC(=O)Nc2ccc(Cl)cc2)c2cccc(NC(=O)[C@H]3C[C@](O)(c4ccccc4)CN3C(=O)Nc3ccc(Cl)cc3)c2)c1. The summed E-state index contributed by atoms with van der Waals surface area (Å²) in [5.41, 5.74) is 1.27. The number of hydrogen-bond donors (Lipinski definition) is 5. The first-order valence-corrected chi connectivity index (χ1v) is 19.2. The molecule has 5 aromatic rings. The molecule has 2 fully saturated rings. The molecule has 1 aliphatic carbocycles. The van der Waals surface area contributed by atoms with Crippen molar-refractivity contribution in [1.29, 1.82) is 5.26 Å². The molecule has 0 aromatic heterocycles. The van der Waals surface area contributed by atoms with E-state index in [9.17, 15) is 24.8 Å². The first-order valence-electron chi connectivity index (χ1n) is 18.4. The third-order valence-corrected chi connectivity index (χ3v) is 11.0. The molecule has 0 spiro atoms. The van der Waals surface area contributed by atoms with Crippen LogP contribution in [0.1, 0.15) is 54.4 Å². The van der Waals surface area contributed by atoms with Gasteiger partial charge in [-0.1, -0.05) is 90.6 Å². The molecule has 2 aliphatic rings. The van der Waals surface area contributed by atoms with Gasteiger partial charge in [-0.2, -0.15) is 5.26 Å². The molecular formula is C44H40Cl2N6O4. The molecule has 284 valence electrons. The number of nitriles is 1. The van der Waals surface area contributed by atoms with Gasteiger partial charge in [-0.15, -0.1) is 0 Å². The van der Waals surface area contributed by atoms with Crippen molar-refractivity contribution in [1.82, 2.24) is 10.2 Å². The maximum atomic E-state index is 14.3. The zero-order valence-electron chi connectivity index (χ0n) is 30.3. The lowest BCUT2D eigenvalue weighted by Crippen LogP contribution is -2.49. The Morgan fingerprint density at radius 3 is 2.04 bits per heavy atom. The summed E-state index contributed by atoms with van der Waals surface area (Å²) in [4.78, 5) is 43.3. The van der Waals surface area contributed by atoms with Gasteiger partial charge >= 0.3 is 12.1 Å². The van der Waals surface area contributed by atoms with Crippen LogP contribution in [-0.2, 0) is 15.9 Å². The van der Waals surface area contributed by atoms with Crippen molar-refractivity contribution in [2.24, 2.45) is 5.92 Å². The number of anilines is 3. The van der Waals surface area contributed by atoms with E-state index in [0.717, 1.165) is 19.3 Å². The standard InChI is InChI=1S/C44H40Cl2N6O4/c45-34-14-18-36(19-15-34)49-41(54)51-44(23-22-29-12-13-29,32-9-4-6-30(24-32)27-47)33-10-5-11-38(25-33)48-40(53)39-26-43(56,31-7-2-1-3-8-31)28-52(39)42(55)50-37-20-16-35(46)17-21-37/h1-11,14-21,24-25,29,39,56H,12-13,22-23,26,28H2,(H,48,53)(H,50,55)(H2,49,51,54)/t39-,43-,44?/m1/s1. The predicted molar refractivity (Wildman–Crippen MR) is 218 cm³/mol. The summed E-state index contributed by atoms with van der Waals surface area (Å²) in [5.74, 6) is 0.0111. The minimum atomic E-state index is -1.49. The monoisotopic (exact) mass is 786 g/mol. The number of β-amino-alcohol motifs (C(OH)–C–C–N with tert-alkyl or cyclic N) is 1. The zero-order valence-corrected chi connectivity index (χ0v) is 31.9. The number of halogens is 2. The smallest absolute Gasteiger partial charge is 0.322 e. The van der Waals surface area contributed by atoms with Crippen molar-refractivity contribution in [2.45, 2.75) is 49.3 Å². The molecule has 1 heterocycles. The highest BCUT2D eigenvalue weighted by molar-refractivity contribution is 6.31. The Morgan fingerprint density at radius 2 is 1.39 bits per heavy atom. The van der Waals surface area contributed by atoms with E-state index in [1.54, 1.807) is 103 Å². The molecule has 5 amide bonds. The van der Waals surface area contributed by atoms with Crippen molar-refractivity contribution in [2.75, 3.05) is 22.5 Å². The van der Waals surface area contributed by atoms with Gasteiger partial charge in [0, 0.05) is 33.5 Å². The molecule has 10 nitrogen and oxygen atoms in total. The number of hydrogen-bond acceptors (Lipinski definition) is 5. The molecule has 3 atom stereocenters. The van der Waals surface area contributed by atoms with E-state index in [-0.39, 0.29) is 13.0 Å². The van der Waals surface area contributed by atoms with Gasteiger partial charge in [0.15, 0.2) is 0 Å². The number of nitrogens with zero attached hydrogens (tertiary/aromatic N) is 2. The quantitative estimate of drug-likeness (QED) is 0.0906. The maximum absolute atomic E-state index is 14.3. The number of carbonyl (C=O) groups is 3. The summed E-state index contributed by atoms with van der Waals surface area (Å²) in [6, 6.07) is 37.0. The van der Waals surface area contributed by atoms with Crippen LogP contribution >= 0.6 is 23.2 Å². The van der Waals surface area contributed by atoms with E-state index in [2.05, 4.69) is 27.3 Å². The summed E-state index contributed by atoms with van der Waals surface area (Å²) in [6.07, 6.45) is 3.48. The third-order valence-electron chi connectivity index (χ3n) is 10.5. The molecule has 1 saturated heterocycles. The number of aliphatic hydroxyl groups is 1. The lowest BCUT2D eigenvalue weighted by molar-refractivity contribution is -0.119. The average Bonchev–Trinajstić information content (AvgIpc) is 3.97. The summed E-state index contributed by atoms with van der Waals surface area (Å²) in [6.45, 7) is -0.124. The Kier molecular flexibility index (Phi) is 11.3. The van der Waals surface area contributed by atoms with Gasteiger partial charge in [0.2, 0.25) is 5.91 Å². The molecule has 0 bridgehead atoms. The highest BCUT2D eigenvalue weighted by Crippen LogP contribution is 2.42. The van der Waals surface area contributed by atoms with Crippen molar-refractivity contribution >= 4 is 58.2 Å². The second-order valence-electron chi connectivity index (χ2n) is 14.4. The predicted octanol–water partition coefficient (Wildman–Crippen LogP) is 9.25. The number of urea groups is 2. The van der Waals surface area contributed by atoms with E-state index < -0.39 is 35.2 Å². The lowest BCUT2D eigenvalue weighted by Gasteiger charge is -2.37. The van der Waals surface area contributed by atoms with Crippen LogP contribution in [0.4, 0.5) is 26.7 Å². The molecule has 56 heavy (non-hydrogen) atoms. The van der Waals surface area contributed by atoms with E-state index >= 15 is 0 Å². The van der Waals surface area contributed by atoms with Crippen molar-refractivity contribution < 1.29 is 19.5 Å². The van der Waals surface area contributed by atoms with Crippen molar-refractivity contribution in [3.8, 4) is 6.07 Å². The minimum absolute atomic E-state index is 0.0464. The normalized spacial score (nSPS) is 18.6. The second kappa shape index (κ2) is 16.5. The summed E-state index contributed by atoms with van der Waals surface area (Å²) >= 11 is 12.1. The van der Waals surface area contributed by atoms with Crippen LogP contribution in [0.25, 0.3) is 0 Å². The van der Waals surface area contributed by atoms with Gasteiger partial charge in [0.1, 0.15) is 11.6 Å². The van der Waals surface area contributed by atoms with Crippen molar-refractivity contribution in [3.05, 3.63) is 160 Å². The first kappa shape index (κ1) is 38.4. The number of amides is 5. The summed E-state index contributed by atoms with van der Waals surface area (Å²) < 4.78 is 0. The minimum Gasteiger partial charge on any atom is -0.383 e. The molecular weight excluding hydrogens is 747 g/mol. The van der Waals surface area contributed by atoms with Crippen LogP contribution in [-0.4, -0.2) is 40.6 Å². The fourth-order valence-electron chi connectivity index (χ4n) is 7.34. The number of benzene rings is 5. The van der Waals surface area contributed by atoms with E-state index in [0.29, 0.717) is 61.7 Å². The van der Waals surface area contributed by atoms with Crippen LogP contribution in [0.5, 0.6) is 0 Å². The number of rotatable bonds is 11. The van der Waals surface area contributed by atoms with E-state index in [4.69, 9.17) is 23.2 Å².